The third-order valence-electron chi connectivity index (χ3n) is 2.62. The van der Waals surface area contributed by atoms with Crippen molar-refractivity contribution in [1.29, 1.82) is 5.26 Å². The average Bonchev–Trinajstić information content (AvgIpc) is 2.46. The van der Waals surface area contributed by atoms with E-state index in [1.807, 2.05) is 13.0 Å². The van der Waals surface area contributed by atoms with Crippen molar-refractivity contribution in [2.45, 2.75) is 6.92 Å². The summed E-state index contributed by atoms with van der Waals surface area (Å²) in [6, 6.07) is 7.53. The van der Waals surface area contributed by atoms with Gasteiger partial charge in [0.25, 0.3) is 0 Å². The second-order valence-corrected chi connectivity index (χ2v) is 4.15. The largest absolute Gasteiger partial charge is 0.491 e. The first-order valence-electron chi connectivity index (χ1n) is 6.56. The number of methoxy groups -OCH3 is 1. The van der Waals surface area contributed by atoms with Crippen molar-refractivity contribution in [3.8, 4) is 11.8 Å². The van der Waals surface area contributed by atoms with Crippen molar-refractivity contribution < 1.29 is 18.9 Å². The first-order chi connectivity index (χ1) is 9.77. The summed E-state index contributed by atoms with van der Waals surface area (Å²) in [6.07, 6.45) is 0. The predicted molar refractivity (Wildman–Crippen MR) is 74.9 cm³/mol. The molecule has 0 aliphatic carbocycles. The van der Waals surface area contributed by atoms with Gasteiger partial charge in [0.15, 0.2) is 0 Å². The highest BCUT2D eigenvalue weighted by Crippen LogP contribution is 2.16. The minimum Gasteiger partial charge on any atom is -0.491 e. The fourth-order valence-corrected chi connectivity index (χ4v) is 1.53. The van der Waals surface area contributed by atoms with Gasteiger partial charge in [-0.1, -0.05) is 0 Å². The number of benzene rings is 1. The van der Waals surface area contributed by atoms with E-state index >= 15 is 0 Å². The van der Waals surface area contributed by atoms with Gasteiger partial charge in [0.05, 0.1) is 44.7 Å². The van der Waals surface area contributed by atoms with Crippen LogP contribution in [0.3, 0.4) is 0 Å². The van der Waals surface area contributed by atoms with Crippen molar-refractivity contribution in [2.75, 3.05) is 46.8 Å². The van der Waals surface area contributed by atoms with E-state index in [9.17, 15) is 0 Å². The van der Waals surface area contributed by atoms with E-state index in [2.05, 4.69) is 6.07 Å². The Hall–Kier alpha value is -1.61. The predicted octanol–water partition coefficient (Wildman–Crippen LogP) is 1.93. The fourth-order valence-electron chi connectivity index (χ4n) is 1.53. The SMILES string of the molecule is COCCOCCOCCOc1ccc(C#N)c(C)c1. The van der Waals surface area contributed by atoms with Crippen molar-refractivity contribution in [2.24, 2.45) is 0 Å². The van der Waals surface area contributed by atoms with Gasteiger partial charge < -0.3 is 18.9 Å². The monoisotopic (exact) mass is 279 g/mol. The van der Waals surface area contributed by atoms with Gasteiger partial charge >= 0.3 is 0 Å². The maximum absolute atomic E-state index is 8.83. The first kappa shape index (κ1) is 16.4. The van der Waals surface area contributed by atoms with Crippen LogP contribution in [0.4, 0.5) is 0 Å². The van der Waals surface area contributed by atoms with E-state index in [-0.39, 0.29) is 0 Å². The smallest absolute Gasteiger partial charge is 0.119 e. The second kappa shape index (κ2) is 10.2. The van der Waals surface area contributed by atoms with Crippen LogP contribution >= 0.6 is 0 Å². The molecule has 0 saturated carbocycles. The van der Waals surface area contributed by atoms with E-state index in [4.69, 9.17) is 24.2 Å². The number of nitrogens with zero attached hydrogens (tertiary/aromatic N) is 1. The maximum Gasteiger partial charge on any atom is 0.119 e. The average molecular weight is 279 g/mol. The molecule has 0 heterocycles. The Kier molecular flexibility index (Phi) is 8.40. The molecule has 0 unspecified atom stereocenters. The zero-order valence-corrected chi connectivity index (χ0v) is 12.1. The summed E-state index contributed by atoms with van der Waals surface area (Å²) < 4.78 is 21.0. The third-order valence-corrected chi connectivity index (χ3v) is 2.62. The van der Waals surface area contributed by atoms with E-state index in [0.717, 1.165) is 11.3 Å². The molecule has 1 rings (SSSR count). The maximum atomic E-state index is 8.83. The van der Waals surface area contributed by atoms with Gasteiger partial charge in [0.2, 0.25) is 0 Å². The number of hydrogen-bond donors (Lipinski definition) is 0. The van der Waals surface area contributed by atoms with Crippen LogP contribution in [-0.2, 0) is 14.2 Å². The number of nitriles is 1. The van der Waals surface area contributed by atoms with E-state index in [0.29, 0.717) is 45.2 Å². The molecule has 5 heteroatoms. The molecule has 5 nitrogen and oxygen atoms in total. The van der Waals surface area contributed by atoms with Crippen LogP contribution in [0.15, 0.2) is 18.2 Å². The molecular formula is C15H21NO4. The third kappa shape index (κ3) is 6.53. The lowest BCUT2D eigenvalue weighted by atomic mass is 10.1. The van der Waals surface area contributed by atoms with Crippen LogP contribution in [-0.4, -0.2) is 46.8 Å². The van der Waals surface area contributed by atoms with E-state index < -0.39 is 0 Å². The van der Waals surface area contributed by atoms with Crippen LogP contribution in [0, 0.1) is 18.3 Å². The molecule has 0 N–H and O–H groups in total. The molecule has 0 radical (unpaired) electrons. The Morgan fingerprint density at radius 1 is 1.00 bits per heavy atom. The van der Waals surface area contributed by atoms with Gasteiger partial charge in [-0.15, -0.1) is 0 Å². The number of aryl methyl sites for hydroxylation is 1. The number of ether oxygens (including phenoxy) is 4. The minimum absolute atomic E-state index is 0.476. The Labute approximate surface area is 120 Å². The second-order valence-electron chi connectivity index (χ2n) is 4.15. The fraction of sp³-hybridized carbons (Fsp3) is 0.533. The van der Waals surface area contributed by atoms with Gasteiger partial charge in [-0.2, -0.15) is 5.26 Å². The Bertz CT molecular complexity index is 428. The standard InChI is InChI=1S/C15H21NO4/c1-13-11-15(4-3-14(13)12-16)20-10-9-19-8-7-18-6-5-17-2/h3-4,11H,5-10H2,1-2H3. The quantitative estimate of drug-likeness (QED) is 0.612. The van der Waals surface area contributed by atoms with Crippen molar-refractivity contribution in [3.63, 3.8) is 0 Å². The lowest BCUT2D eigenvalue weighted by Crippen LogP contribution is -2.12. The Balaban J connectivity index is 2.07. The van der Waals surface area contributed by atoms with Gasteiger partial charge in [-0.3, -0.25) is 0 Å². The lowest BCUT2D eigenvalue weighted by molar-refractivity contribution is 0.0179. The zero-order chi connectivity index (χ0) is 14.6. The summed E-state index contributed by atoms with van der Waals surface area (Å²) in [5.74, 6) is 0.751. The van der Waals surface area contributed by atoms with Crippen LogP contribution < -0.4 is 4.74 Å². The molecule has 0 aromatic heterocycles. The van der Waals surface area contributed by atoms with Crippen LogP contribution in [0.2, 0.25) is 0 Å². The van der Waals surface area contributed by atoms with Crippen LogP contribution in [0.1, 0.15) is 11.1 Å². The molecule has 1 aromatic rings. The summed E-state index contributed by atoms with van der Waals surface area (Å²) in [5, 5.41) is 8.83. The van der Waals surface area contributed by atoms with Crippen molar-refractivity contribution in [3.05, 3.63) is 29.3 Å². The Morgan fingerprint density at radius 3 is 2.25 bits per heavy atom. The van der Waals surface area contributed by atoms with E-state index in [1.165, 1.54) is 0 Å². The molecule has 1 aromatic carbocycles. The minimum atomic E-state index is 0.476. The topological polar surface area (TPSA) is 60.7 Å². The highest BCUT2D eigenvalue weighted by molar-refractivity contribution is 5.41. The Morgan fingerprint density at radius 2 is 1.65 bits per heavy atom. The summed E-state index contributed by atoms with van der Waals surface area (Å²) >= 11 is 0. The molecule has 0 fully saturated rings. The number of rotatable bonds is 10. The summed E-state index contributed by atoms with van der Waals surface area (Å²) in [6.45, 7) is 5.15. The molecule has 0 saturated heterocycles. The summed E-state index contributed by atoms with van der Waals surface area (Å²) in [7, 11) is 1.64. The van der Waals surface area contributed by atoms with Crippen molar-refractivity contribution >= 4 is 0 Å². The highest BCUT2D eigenvalue weighted by atomic mass is 16.6. The molecule has 0 aliphatic heterocycles. The molecule has 0 spiro atoms. The van der Waals surface area contributed by atoms with Crippen LogP contribution in [0.5, 0.6) is 5.75 Å². The molecule has 0 atom stereocenters. The first-order valence-corrected chi connectivity index (χ1v) is 6.56. The van der Waals surface area contributed by atoms with Gasteiger partial charge in [-0.05, 0) is 30.7 Å². The summed E-state index contributed by atoms with van der Waals surface area (Å²) in [4.78, 5) is 0. The molecule has 0 bridgehead atoms. The zero-order valence-electron chi connectivity index (χ0n) is 12.1. The molecule has 0 aliphatic rings. The number of hydrogen-bond acceptors (Lipinski definition) is 5. The van der Waals surface area contributed by atoms with Gasteiger partial charge in [0.1, 0.15) is 12.4 Å². The molecular weight excluding hydrogens is 258 g/mol. The molecule has 0 amide bonds. The lowest BCUT2D eigenvalue weighted by Gasteiger charge is -2.08. The van der Waals surface area contributed by atoms with E-state index in [1.54, 1.807) is 19.2 Å². The molecule has 110 valence electrons. The molecule has 20 heavy (non-hydrogen) atoms. The highest BCUT2D eigenvalue weighted by Gasteiger charge is 2.00. The van der Waals surface area contributed by atoms with Gasteiger partial charge in [-0.25, -0.2) is 0 Å². The summed E-state index contributed by atoms with van der Waals surface area (Å²) in [5.41, 5.74) is 1.58. The van der Waals surface area contributed by atoms with Gasteiger partial charge in [0, 0.05) is 7.11 Å². The van der Waals surface area contributed by atoms with Crippen LogP contribution in [0.25, 0.3) is 0 Å². The van der Waals surface area contributed by atoms with Crippen molar-refractivity contribution in [1.82, 2.24) is 0 Å². The normalized spacial score (nSPS) is 10.2.